The summed E-state index contributed by atoms with van der Waals surface area (Å²) >= 11 is 0. The van der Waals surface area contributed by atoms with Gasteiger partial charge in [-0.1, -0.05) is 0 Å². The highest BCUT2D eigenvalue weighted by Crippen LogP contribution is 2.48. The summed E-state index contributed by atoms with van der Waals surface area (Å²) in [4.78, 5) is 0. The Labute approximate surface area is 105 Å². The molecule has 3 aliphatic heterocycles. The van der Waals surface area contributed by atoms with Crippen molar-refractivity contribution in [2.24, 2.45) is 0 Å². The summed E-state index contributed by atoms with van der Waals surface area (Å²) < 4.78 is 27.4. The van der Waals surface area contributed by atoms with Crippen molar-refractivity contribution >= 4 is 0 Å². The highest BCUT2D eigenvalue weighted by Gasteiger charge is 2.70. The molecule has 0 aromatic rings. The number of aliphatic hydroxyl groups is 2. The third-order valence-corrected chi connectivity index (χ3v) is 3.79. The van der Waals surface area contributed by atoms with Crippen LogP contribution in [0.4, 0.5) is 0 Å². The maximum absolute atomic E-state index is 10.2. The van der Waals surface area contributed by atoms with Crippen LogP contribution in [0.15, 0.2) is 0 Å². The lowest BCUT2D eigenvalue weighted by Crippen LogP contribution is -2.66. The Morgan fingerprint density at radius 3 is 2.56 bits per heavy atom. The smallest absolute Gasteiger partial charge is 0.190 e. The molecule has 0 saturated carbocycles. The van der Waals surface area contributed by atoms with E-state index >= 15 is 0 Å². The summed E-state index contributed by atoms with van der Waals surface area (Å²) in [6, 6.07) is 0. The second kappa shape index (κ2) is 3.86. The van der Waals surface area contributed by atoms with E-state index in [0.717, 1.165) is 0 Å². The topological polar surface area (TPSA) is 86.6 Å². The lowest BCUT2D eigenvalue weighted by atomic mass is 9.84. The minimum atomic E-state index is -1.17. The van der Waals surface area contributed by atoms with Crippen molar-refractivity contribution in [2.45, 2.75) is 56.1 Å². The van der Waals surface area contributed by atoms with Gasteiger partial charge in [-0.05, 0) is 13.8 Å². The van der Waals surface area contributed by atoms with Gasteiger partial charge in [-0.25, -0.2) is 0 Å². The Morgan fingerprint density at radius 2 is 1.89 bits per heavy atom. The zero-order valence-electron chi connectivity index (χ0n) is 10.5. The Kier molecular flexibility index (Phi) is 2.73. The quantitative estimate of drug-likeness (QED) is 0.624. The highest BCUT2D eigenvalue weighted by atomic mass is 16.9. The van der Waals surface area contributed by atoms with Crippen LogP contribution in [0.25, 0.3) is 0 Å². The van der Waals surface area contributed by atoms with Crippen molar-refractivity contribution in [2.75, 3.05) is 13.7 Å². The number of methoxy groups -OCH3 is 1. The molecule has 2 unspecified atom stereocenters. The largest absolute Gasteiger partial charge is 0.387 e. The van der Waals surface area contributed by atoms with Crippen LogP contribution in [0, 0.1) is 0 Å². The van der Waals surface area contributed by atoms with Crippen LogP contribution in [0.1, 0.15) is 13.8 Å². The number of aliphatic hydroxyl groups excluding tert-OH is 2. The first kappa shape index (κ1) is 12.7. The molecule has 0 bridgehead atoms. The van der Waals surface area contributed by atoms with Crippen LogP contribution >= 0.6 is 0 Å². The Hall–Kier alpha value is -0.280. The predicted molar refractivity (Wildman–Crippen MR) is 56.4 cm³/mol. The predicted octanol–water partition coefficient (Wildman–Crippen LogP) is -1.04. The van der Waals surface area contributed by atoms with E-state index in [9.17, 15) is 10.2 Å². The molecule has 0 amide bonds. The third kappa shape index (κ3) is 1.50. The molecule has 3 aliphatic rings. The molecule has 3 fully saturated rings. The molecule has 0 aromatic heterocycles. The van der Waals surface area contributed by atoms with Crippen LogP contribution < -0.4 is 0 Å². The molecular formula is C11H18O7. The molecule has 3 heterocycles. The van der Waals surface area contributed by atoms with Crippen LogP contribution in [-0.2, 0) is 23.7 Å². The minimum Gasteiger partial charge on any atom is -0.387 e. The molecule has 18 heavy (non-hydrogen) atoms. The average Bonchev–Trinajstić information content (AvgIpc) is 2.75. The van der Waals surface area contributed by atoms with Crippen molar-refractivity contribution in [1.29, 1.82) is 0 Å². The van der Waals surface area contributed by atoms with Gasteiger partial charge in [0.2, 0.25) is 0 Å². The second-order valence-corrected chi connectivity index (χ2v) is 5.28. The summed E-state index contributed by atoms with van der Waals surface area (Å²) in [6.45, 7) is 3.48. The van der Waals surface area contributed by atoms with E-state index < -0.39 is 42.3 Å². The second-order valence-electron chi connectivity index (χ2n) is 5.28. The summed E-state index contributed by atoms with van der Waals surface area (Å²) in [5, 5.41) is 20.0. The maximum Gasteiger partial charge on any atom is 0.190 e. The van der Waals surface area contributed by atoms with Crippen LogP contribution in [0.2, 0.25) is 0 Å². The van der Waals surface area contributed by atoms with Crippen LogP contribution in [0.5, 0.6) is 0 Å². The van der Waals surface area contributed by atoms with E-state index in [0.29, 0.717) is 0 Å². The Bertz CT molecular complexity index is 346. The van der Waals surface area contributed by atoms with E-state index in [-0.39, 0.29) is 6.61 Å². The number of rotatable bonds is 1. The molecule has 6 atom stereocenters. The minimum absolute atomic E-state index is 0.0398. The zero-order chi connectivity index (χ0) is 13.1. The third-order valence-electron chi connectivity index (χ3n) is 3.79. The molecular weight excluding hydrogens is 244 g/mol. The van der Waals surface area contributed by atoms with E-state index in [1.807, 2.05) is 0 Å². The van der Waals surface area contributed by atoms with Gasteiger partial charge in [0.25, 0.3) is 0 Å². The first-order chi connectivity index (χ1) is 8.40. The van der Waals surface area contributed by atoms with Gasteiger partial charge in [0.1, 0.15) is 18.3 Å². The Balaban J connectivity index is 1.97. The Morgan fingerprint density at radius 1 is 1.17 bits per heavy atom. The van der Waals surface area contributed by atoms with Gasteiger partial charge < -0.3 is 33.9 Å². The van der Waals surface area contributed by atoms with Crippen molar-refractivity contribution in [3.8, 4) is 0 Å². The summed E-state index contributed by atoms with van der Waals surface area (Å²) in [7, 11) is 1.45. The van der Waals surface area contributed by atoms with Gasteiger partial charge in [-0.3, -0.25) is 0 Å². The van der Waals surface area contributed by atoms with Crippen LogP contribution in [-0.4, -0.2) is 66.2 Å². The first-order valence-corrected chi connectivity index (χ1v) is 5.95. The van der Waals surface area contributed by atoms with Crippen molar-refractivity contribution in [3.63, 3.8) is 0 Å². The number of fused-ring (bicyclic) bond motifs is 3. The highest BCUT2D eigenvalue weighted by molar-refractivity contribution is 5.12. The van der Waals surface area contributed by atoms with Gasteiger partial charge in [-0.15, -0.1) is 0 Å². The molecule has 7 heteroatoms. The van der Waals surface area contributed by atoms with Gasteiger partial charge in [0.05, 0.1) is 6.61 Å². The summed E-state index contributed by atoms with van der Waals surface area (Å²) in [6.07, 6.45) is -4.25. The number of hydrogen-bond donors (Lipinski definition) is 2. The normalized spacial score (nSPS) is 54.2. The van der Waals surface area contributed by atoms with E-state index in [4.69, 9.17) is 23.7 Å². The van der Waals surface area contributed by atoms with E-state index in [2.05, 4.69) is 0 Å². The molecule has 2 N–H and O–H groups in total. The van der Waals surface area contributed by atoms with Crippen molar-refractivity contribution in [3.05, 3.63) is 0 Å². The van der Waals surface area contributed by atoms with Crippen molar-refractivity contribution in [1.82, 2.24) is 0 Å². The standard InChI is InChI=1S/C11H18O7/c1-10(2)17-7-9(18-10)16-6-8(13)15-4-5(12)11(6,7)14-3/h5-9,12-13H,4H2,1-3H3/t5?,6-,7+,8?,9-,11-/m1/s1. The van der Waals surface area contributed by atoms with E-state index in [1.165, 1.54) is 7.11 Å². The van der Waals surface area contributed by atoms with Crippen molar-refractivity contribution < 1.29 is 33.9 Å². The lowest BCUT2D eigenvalue weighted by Gasteiger charge is -2.45. The average molecular weight is 262 g/mol. The maximum atomic E-state index is 10.2. The molecule has 0 spiro atoms. The van der Waals surface area contributed by atoms with Gasteiger partial charge in [0, 0.05) is 7.11 Å². The summed E-state index contributed by atoms with van der Waals surface area (Å²) in [5.41, 5.74) is -1.17. The van der Waals surface area contributed by atoms with Gasteiger partial charge in [0.15, 0.2) is 24.0 Å². The number of ether oxygens (including phenoxy) is 5. The first-order valence-electron chi connectivity index (χ1n) is 5.95. The molecule has 0 radical (unpaired) electrons. The molecule has 3 rings (SSSR count). The molecule has 104 valence electrons. The molecule has 7 nitrogen and oxygen atoms in total. The number of hydrogen-bond acceptors (Lipinski definition) is 7. The van der Waals surface area contributed by atoms with E-state index in [1.54, 1.807) is 13.8 Å². The fourth-order valence-electron chi connectivity index (χ4n) is 2.99. The lowest BCUT2D eigenvalue weighted by molar-refractivity contribution is -0.322. The fourth-order valence-corrected chi connectivity index (χ4v) is 2.99. The molecule has 3 saturated heterocycles. The SMILES string of the molecule is CO[C@]12C(O)COC(O)[C@H]1O[C@@H]1OC(C)(C)O[C@@H]12. The monoisotopic (exact) mass is 262 g/mol. The zero-order valence-corrected chi connectivity index (χ0v) is 10.5. The van der Waals surface area contributed by atoms with Gasteiger partial charge in [-0.2, -0.15) is 0 Å². The molecule has 0 aliphatic carbocycles. The van der Waals surface area contributed by atoms with Crippen LogP contribution in [0.3, 0.4) is 0 Å². The fraction of sp³-hybridized carbons (Fsp3) is 1.00. The van der Waals surface area contributed by atoms with Gasteiger partial charge >= 0.3 is 0 Å². The summed E-state index contributed by atoms with van der Waals surface area (Å²) in [5.74, 6) is -0.811. The molecule has 0 aromatic carbocycles.